The number of anilines is 1. The molecule has 1 unspecified atom stereocenters. The molecule has 176 valence electrons. The van der Waals surface area contributed by atoms with Gasteiger partial charge in [-0.2, -0.15) is 5.26 Å². The van der Waals surface area contributed by atoms with E-state index in [1.165, 1.54) is 6.20 Å². The number of fused-ring (bicyclic) bond motifs is 1. The molecule has 35 heavy (non-hydrogen) atoms. The highest BCUT2D eigenvalue weighted by Crippen LogP contribution is 2.35. The Morgan fingerprint density at radius 2 is 2.17 bits per heavy atom. The van der Waals surface area contributed by atoms with Gasteiger partial charge in [0.05, 0.1) is 22.7 Å². The van der Waals surface area contributed by atoms with E-state index in [-0.39, 0.29) is 6.42 Å². The molecule has 0 aliphatic rings. The summed E-state index contributed by atoms with van der Waals surface area (Å²) < 4.78 is 0. The van der Waals surface area contributed by atoms with Gasteiger partial charge in [0.25, 0.3) is 0 Å². The van der Waals surface area contributed by atoms with Crippen LogP contribution < -0.4 is 5.32 Å². The van der Waals surface area contributed by atoms with Crippen LogP contribution in [0.3, 0.4) is 0 Å². The summed E-state index contributed by atoms with van der Waals surface area (Å²) in [6, 6.07) is 10.6. The molecule has 0 aliphatic heterocycles. The lowest BCUT2D eigenvalue weighted by Gasteiger charge is -2.34. The van der Waals surface area contributed by atoms with E-state index in [9.17, 15) is 15.2 Å². The normalized spacial score (nSPS) is 12.2. The van der Waals surface area contributed by atoms with Crippen LogP contribution in [0.25, 0.3) is 28.4 Å². The van der Waals surface area contributed by atoms with Crippen molar-refractivity contribution in [3.8, 4) is 17.3 Å². The van der Waals surface area contributed by atoms with E-state index in [2.05, 4.69) is 32.9 Å². The summed E-state index contributed by atoms with van der Waals surface area (Å²) in [5.41, 5.74) is 2.68. The summed E-state index contributed by atoms with van der Waals surface area (Å²) in [5.74, 6) is -0.550. The number of aromatic nitrogens is 4. The number of rotatable bonds is 8. The minimum Gasteiger partial charge on any atom is -0.481 e. The van der Waals surface area contributed by atoms with Crippen LogP contribution in [0.2, 0.25) is 5.02 Å². The lowest BCUT2D eigenvalue weighted by molar-refractivity contribution is -0.137. The zero-order chi connectivity index (χ0) is 25.2. The number of nitrogens with one attached hydrogen (secondary N) is 2. The number of H-pyrrole nitrogens is 1. The van der Waals surface area contributed by atoms with Crippen LogP contribution in [0.15, 0.2) is 55.5 Å². The third-order valence-corrected chi connectivity index (χ3v) is 6.24. The molecule has 0 fully saturated rings. The molecule has 4 rings (SSSR count). The molecule has 4 aromatic rings. The maximum atomic E-state index is 11.8. The third kappa shape index (κ3) is 4.72. The van der Waals surface area contributed by atoms with E-state index in [1.54, 1.807) is 30.6 Å². The van der Waals surface area contributed by atoms with E-state index in [0.717, 1.165) is 11.1 Å². The second-order valence-corrected chi connectivity index (χ2v) is 9.06. The first-order valence-electron chi connectivity index (χ1n) is 10.8. The van der Waals surface area contributed by atoms with Crippen molar-refractivity contribution in [1.82, 2.24) is 19.9 Å². The van der Waals surface area contributed by atoms with Crippen molar-refractivity contribution in [3.63, 3.8) is 0 Å². The van der Waals surface area contributed by atoms with Crippen LogP contribution in [0.5, 0.6) is 0 Å². The summed E-state index contributed by atoms with van der Waals surface area (Å²) in [5, 5.41) is 24.0. The largest absolute Gasteiger partial charge is 0.481 e. The van der Waals surface area contributed by atoms with Crippen LogP contribution >= 0.6 is 11.6 Å². The van der Waals surface area contributed by atoms with Crippen molar-refractivity contribution < 1.29 is 9.90 Å². The van der Waals surface area contributed by atoms with Crippen LogP contribution in [-0.2, 0) is 10.2 Å². The van der Waals surface area contributed by atoms with Crippen LogP contribution in [-0.4, -0.2) is 37.1 Å². The van der Waals surface area contributed by atoms with Gasteiger partial charge in [-0.25, -0.2) is 9.97 Å². The molecule has 9 heteroatoms. The van der Waals surface area contributed by atoms with E-state index in [1.807, 2.05) is 32.0 Å². The number of nitriles is 1. The molecule has 0 spiro atoms. The molecule has 1 atom stereocenters. The molecule has 0 saturated heterocycles. The quantitative estimate of drug-likeness (QED) is 0.303. The van der Waals surface area contributed by atoms with E-state index in [0.29, 0.717) is 38.9 Å². The van der Waals surface area contributed by atoms with Crippen LogP contribution in [0.1, 0.15) is 37.1 Å². The Balaban J connectivity index is 1.85. The third-order valence-electron chi connectivity index (χ3n) is 6.03. The Labute approximate surface area is 207 Å². The number of hydrogen-bond donors (Lipinski definition) is 3. The van der Waals surface area contributed by atoms with Crippen molar-refractivity contribution in [3.05, 3.63) is 77.3 Å². The number of carbonyl (C=O) groups is 1. The fraction of sp³-hybridized carbons (Fsp3) is 0.192. The highest BCUT2D eigenvalue weighted by atomic mass is 35.5. The number of nitrogens with zero attached hydrogens (tertiary/aromatic N) is 4. The summed E-state index contributed by atoms with van der Waals surface area (Å²) in [4.78, 5) is 28.4. The summed E-state index contributed by atoms with van der Waals surface area (Å²) in [6.45, 7) is 7.72. The van der Waals surface area contributed by atoms with Crippen molar-refractivity contribution in [2.75, 3.05) is 5.32 Å². The molecule has 3 N–H and O–H groups in total. The predicted molar refractivity (Wildman–Crippen MR) is 136 cm³/mol. The number of carboxylic acid groups (broad SMARTS) is 1. The maximum Gasteiger partial charge on any atom is 0.305 e. The molecule has 0 bridgehead atoms. The maximum absolute atomic E-state index is 11.8. The average Bonchev–Trinajstić information content (AvgIpc) is 3.26. The molecule has 0 aliphatic carbocycles. The zero-order valence-electron chi connectivity index (χ0n) is 19.2. The number of aliphatic carboxylic acids is 1. The standard InChI is InChI=1S/C26H23ClN6O2/c1-4-15-9-16(12-28)23(19-14-31-25-18(19)10-17(27)13-30-25)33-24(15)32-21(11-22(34)35)26(2,3)20-7-5-6-8-29-20/h4-10,13-14,21H,1,11H2,2-3H3,(H,30,31)(H,32,33)(H,34,35). The van der Waals surface area contributed by atoms with Crippen molar-refractivity contribution in [2.24, 2.45) is 0 Å². The van der Waals surface area contributed by atoms with Gasteiger partial charge in [-0.05, 0) is 24.3 Å². The van der Waals surface area contributed by atoms with Gasteiger partial charge in [0, 0.05) is 52.3 Å². The zero-order valence-corrected chi connectivity index (χ0v) is 20.0. The van der Waals surface area contributed by atoms with Crippen LogP contribution in [0.4, 0.5) is 5.82 Å². The molecular formula is C26H23ClN6O2. The Morgan fingerprint density at radius 1 is 1.37 bits per heavy atom. The fourth-order valence-corrected chi connectivity index (χ4v) is 4.17. The molecule has 0 aromatic carbocycles. The van der Waals surface area contributed by atoms with Crippen LogP contribution in [0, 0.1) is 11.3 Å². The van der Waals surface area contributed by atoms with Gasteiger partial charge in [-0.3, -0.25) is 9.78 Å². The minimum atomic E-state index is -0.960. The SMILES string of the molecule is C=Cc1cc(C#N)c(-c2c[nH]c3ncc(Cl)cc23)nc1NC(CC(=O)O)C(C)(C)c1ccccn1. The second kappa shape index (κ2) is 9.57. The lowest BCUT2D eigenvalue weighted by Crippen LogP contribution is -2.42. The molecule has 8 nitrogen and oxygen atoms in total. The molecule has 0 saturated carbocycles. The van der Waals surface area contributed by atoms with Gasteiger partial charge in [0.15, 0.2) is 0 Å². The lowest BCUT2D eigenvalue weighted by atomic mass is 9.79. The Kier molecular flexibility index (Phi) is 6.54. The number of halogens is 1. The van der Waals surface area contributed by atoms with Gasteiger partial charge in [-0.15, -0.1) is 0 Å². The van der Waals surface area contributed by atoms with Crippen molar-refractivity contribution in [2.45, 2.75) is 31.7 Å². The summed E-state index contributed by atoms with van der Waals surface area (Å²) >= 11 is 6.16. The van der Waals surface area contributed by atoms with Gasteiger partial charge in [0.2, 0.25) is 0 Å². The van der Waals surface area contributed by atoms with Gasteiger partial charge >= 0.3 is 5.97 Å². The van der Waals surface area contributed by atoms with E-state index in [4.69, 9.17) is 16.6 Å². The predicted octanol–water partition coefficient (Wildman–Crippen LogP) is 5.42. The van der Waals surface area contributed by atoms with Gasteiger partial charge < -0.3 is 15.4 Å². The molecule has 4 heterocycles. The van der Waals surface area contributed by atoms with Crippen molar-refractivity contribution >= 4 is 40.5 Å². The monoisotopic (exact) mass is 486 g/mol. The average molecular weight is 487 g/mol. The summed E-state index contributed by atoms with van der Waals surface area (Å²) in [6.07, 6.45) is 6.34. The molecule has 4 aromatic heterocycles. The first-order chi connectivity index (χ1) is 16.7. The fourth-order valence-electron chi connectivity index (χ4n) is 4.01. The Bertz CT molecular complexity index is 1460. The first-order valence-corrected chi connectivity index (χ1v) is 11.2. The number of hydrogen-bond acceptors (Lipinski definition) is 6. The Morgan fingerprint density at radius 3 is 2.83 bits per heavy atom. The second-order valence-electron chi connectivity index (χ2n) is 8.62. The summed E-state index contributed by atoms with van der Waals surface area (Å²) in [7, 11) is 0. The van der Waals surface area contributed by atoms with Crippen molar-refractivity contribution in [1.29, 1.82) is 5.26 Å². The molecular weight excluding hydrogens is 464 g/mol. The molecule has 0 amide bonds. The van der Waals surface area contributed by atoms with Gasteiger partial charge in [-0.1, -0.05) is 44.2 Å². The van der Waals surface area contributed by atoms with E-state index >= 15 is 0 Å². The van der Waals surface area contributed by atoms with Gasteiger partial charge in [0.1, 0.15) is 17.5 Å². The number of carboxylic acids is 1. The highest BCUT2D eigenvalue weighted by Gasteiger charge is 2.35. The number of pyridine rings is 3. The highest BCUT2D eigenvalue weighted by molar-refractivity contribution is 6.31. The van der Waals surface area contributed by atoms with E-state index < -0.39 is 17.4 Å². The molecule has 0 radical (unpaired) electrons. The first kappa shape index (κ1) is 23.9. The number of aromatic amines is 1. The topological polar surface area (TPSA) is 128 Å². The minimum absolute atomic E-state index is 0.177. The Hall–Kier alpha value is -4.22. The smallest absolute Gasteiger partial charge is 0.305 e.